The fourth-order valence-electron chi connectivity index (χ4n) is 6.36. The molecule has 0 aromatic heterocycles. The van der Waals surface area contributed by atoms with Crippen LogP contribution in [0.4, 0.5) is 11.4 Å². The first-order chi connectivity index (χ1) is 16.4. The highest BCUT2D eigenvalue weighted by atomic mass is 16.5. The van der Waals surface area contributed by atoms with Gasteiger partial charge in [-0.05, 0) is 69.3 Å². The maximum Gasteiger partial charge on any atom is 0.338 e. The van der Waals surface area contributed by atoms with E-state index in [1.807, 2.05) is 12.1 Å². The maximum atomic E-state index is 11.8. The molecule has 2 N–H and O–H groups in total. The zero-order valence-electron chi connectivity index (χ0n) is 19.1. The summed E-state index contributed by atoms with van der Waals surface area (Å²) >= 11 is 0. The molecule has 176 valence electrons. The minimum atomic E-state index is -0.721. The van der Waals surface area contributed by atoms with E-state index < -0.39 is 12.2 Å². The Labute approximate surface area is 197 Å². The van der Waals surface area contributed by atoms with E-state index in [0.717, 1.165) is 30.5 Å². The lowest BCUT2D eigenvalue weighted by Gasteiger charge is -2.56. The average Bonchev–Trinajstić information content (AvgIpc) is 3.19. The zero-order chi connectivity index (χ0) is 23.6. The van der Waals surface area contributed by atoms with Gasteiger partial charge >= 0.3 is 5.97 Å². The first-order valence-corrected chi connectivity index (χ1v) is 11.8. The van der Waals surface area contributed by atoms with Crippen LogP contribution in [0, 0.1) is 5.92 Å². The number of azo groups is 1. The Bertz CT molecular complexity index is 1220. The summed E-state index contributed by atoms with van der Waals surface area (Å²) in [4.78, 5) is 14.2. The number of hydrogen-bond donors (Lipinski definition) is 2. The number of carbonyl (C=O) groups is 1. The van der Waals surface area contributed by atoms with Gasteiger partial charge in [0.25, 0.3) is 0 Å². The van der Waals surface area contributed by atoms with Crippen molar-refractivity contribution in [1.82, 2.24) is 4.90 Å². The number of carbonyl (C=O) groups excluding carboxylic acids is 1. The quantitative estimate of drug-likeness (QED) is 0.408. The van der Waals surface area contributed by atoms with Crippen LogP contribution in [0.25, 0.3) is 0 Å². The molecule has 1 fully saturated rings. The molecule has 8 nitrogen and oxygen atoms in total. The van der Waals surface area contributed by atoms with Gasteiger partial charge in [-0.1, -0.05) is 12.2 Å². The number of esters is 1. The number of benzene rings is 2. The van der Waals surface area contributed by atoms with Crippen molar-refractivity contribution < 1.29 is 24.5 Å². The number of ether oxygens (including phenoxy) is 2. The molecule has 2 aromatic carbocycles. The fourth-order valence-corrected chi connectivity index (χ4v) is 6.36. The van der Waals surface area contributed by atoms with Crippen LogP contribution in [-0.2, 0) is 16.6 Å². The molecule has 8 heteroatoms. The third-order valence-electron chi connectivity index (χ3n) is 7.90. The van der Waals surface area contributed by atoms with E-state index in [9.17, 15) is 15.0 Å². The van der Waals surface area contributed by atoms with E-state index in [-0.39, 0.29) is 23.1 Å². The van der Waals surface area contributed by atoms with Crippen molar-refractivity contribution in [3.8, 4) is 11.5 Å². The van der Waals surface area contributed by atoms with Crippen molar-refractivity contribution in [3.05, 3.63) is 59.2 Å². The molecule has 0 saturated carbocycles. The Balaban J connectivity index is 1.38. The van der Waals surface area contributed by atoms with Gasteiger partial charge in [0.1, 0.15) is 17.9 Å². The second-order valence-corrected chi connectivity index (χ2v) is 9.56. The first-order valence-electron chi connectivity index (χ1n) is 11.8. The number of likely N-dealkylation sites (N-methyl/N-ethyl adjacent to an activating group) is 1. The molecule has 34 heavy (non-hydrogen) atoms. The number of aliphatic hydroxyl groups excluding tert-OH is 1. The SMILES string of the molecule is CCOC(=O)c1ccc(N=Nc2cc3c4c(c2O)O[C@H]2[C@@H](O)C=C[C@H]5[C@@H](C3)N(C)CC[C@@]452)cc1. The molecule has 2 bridgehead atoms. The van der Waals surface area contributed by atoms with E-state index in [0.29, 0.717) is 35.3 Å². The number of piperidine rings is 1. The molecule has 1 saturated heterocycles. The van der Waals surface area contributed by atoms with E-state index in [1.54, 1.807) is 31.2 Å². The van der Waals surface area contributed by atoms with Crippen molar-refractivity contribution in [2.45, 2.75) is 43.4 Å². The molecule has 0 amide bonds. The summed E-state index contributed by atoms with van der Waals surface area (Å²) in [7, 11) is 2.15. The number of nitrogens with zero attached hydrogens (tertiary/aromatic N) is 3. The minimum absolute atomic E-state index is 0.0438. The molecule has 0 radical (unpaired) electrons. The smallest absolute Gasteiger partial charge is 0.338 e. The first kappa shape index (κ1) is 21.3. The van der Waals surface area contributed by atoms with Gasteiger partial charge in [-0.2, -0.15) is 5.11 Å². The summed E-state index contributed by atoms with van der Waals surface area (Å²) < 4.78 is 11.3. The topological polar surface area (TPSA) is 104 Å². The molecule has 4 aliphatic rings. The lowest BCUT2D eigenvalue weighted by Crippen LogP contribution is -2.64. The summed E-state index contributed by atoms with van der Waals surface area (Å²) in [6.07, 6.45) is 4.53. The van der Waals surface area contributed by atoms with Crippen molar-refractivity contribution in [2.75, 3.05) is 20.2 Å². The summed E-state index contributed by atoms with van der Waals surface area (Å²) in [6, 6.07) is 8.84. The van der Waals surface area contributed by atoms with Gasteiger partial charge in [-0.15, -0.1) is 5.11 Å². The van der Waals surface area contributed by atoms with Crippen LogP contribution in [0.3, 0.4) is 0 Å². The van der Waals surface area contributed by atoms with Crippen LogP contribution >= 0.6 is 0 Å². The molecule has 5 atom stereocenters. The van der Waals surface area contributed by atoms with Crippen LogP contribution in [-0.4, -0.2) is 59.5 Å². The Hall–Kier alpha value is -3.23. The second-order valence-electron chi connectivity index (χ2n) is 9.56. The molecule has 2 aliphatic carbocycles. The number of aromatic hydroxyl groups is 1. The predicted octanol–water partition coefficient (Wildman–Crippen LogP) is 3.79. The molecule has 2 aromatic rings. The Morgan fingerprint density at radius 3 is 2.82 bits per heavy atom. The number of phenolic OH excluding ortho intramolecular Hbond substituents is 1. The van der Waals surface area contributed by atoms with Crippen LogP contribution in [0.5, 0.6) is 11.5 Å². The molecular weight excluding hydrogens is 434 g/mol. The number of likely N-dealkylation sites (tertiary alicyclic amines) is 1. The normalized spacial score (nSPS) is 30.8. The Morgan fingerprint density at radius 1 is 1.26 bits per heavy atom. The second kappa shape index (κ2) is 7.65. The predicted molar refractivity (Wildman–Crippen MR) is 124 cm³/mol. The molecule has 1 spiro atoms. The Morgan fingerprint density at radius 2 is 2.06 bits per heavy atom. The van der Waals surface area contributed by atoms with E-state index in [2.05, 4.69) is 28.3 Å². The third-order valence-corrected chi connectivity index (χ3v) is 7.90. The van der Waals surface area contributed by atoms with Gasteiger partial charge in [0.05, 0.1) is 17.9 Å². The van der Waals surface area contributed by atoms with E-state index in [4.69, 9.17) is 9.47 Å². The fraction of sp³-hybridized carbons (Fsp3) is 0.423. The van der Waals surface area contributed by atoms with Crippen molar-refractivity contribution in [3.63, 3.8) is 0 Å². The summed E-state index contributed by atoms with van der Waals surface area (Å²) in [5.41, 5.74) is 3.12. The highest BCUT2D eigenvalue weighted by molar-refractivity contribution is 5.89. The number of rotatable bonds is 4. The van der Waals surface area contributed by atoms with Crippen LogP contribution in [0.1, 0.15) is 34.8 Å². The van der Waals surface area contributed by atoms with E-state index in [1.165, 1.54) is 0 Å². The summed E-state index contributed by atoms with van der Waals surface area (Å²) in [5.74, 6) is 0.241. The van der Waals surface area contributed by atoms with Gasteiger partial charge in [0.15, 0.2) is 11.5 Å². The van der Waals surface area contributed by atoms with Crippen LogP contribution in [0.15, 0.2) is 52.7 Å². The highest BCUT2D eigenvalue weighted by Gasteiger charge is 2.64. The molecule has 0 unspecified atom stereocenters. The lowest BCUT2D eigenvalue weighted by molar-refractivity contribution is -0.0453. The van der Waals surface area contributed by atoms with Gasteiger partial charge in [0, 0.05) is 22.9 Å². The van der Waals surface area contributed by atoms with Crippen LogP contribution < -0.4 is 4.74 Å². The maximum absolute atomic E-state index is 11.8. The zero-order valence-corrected chi connectivity index (χ0v) is 19.1. The van der Waals surface area contributed by atoms with E-state index >= 15 is 0 Å². The minimum Gasteiger partial charge on any atom is -0.503 e. The summed E-state index contributed by atoms with van der Waals surface area (Å²) in [6.45, 7) is 3.00. The van der Waals surface area contributed by atoms with Crippen molar-refractivity contribution in [2.24, 2.45) is 16.1 Å². The standard InChI is InChI=1S/C26H27N3O5/c1-3-33-25(32)14-4-6-16(7-5-14)27-28-18-12-15-13-19-17-8-9-20(30)24-26(17,10-11-29(19)2)21(15)23(34-24)22(18)31/h4-9,12,17,19-20,24,30-31H,3,10-11,13H2,1-2H3/t17-,19+,20-,24-,26-/m0/s1. The number of hydrogen-bond acceptors (Lipinski definition) is 8. The third kappa shape index (κ3) is 2.88. The molecule has 6 rings (SSSR count). The number of phenols is 1. The number of aliphatic hydroxyl groups is 1. The van der Waals surface area contributed by atoms with Gasteiger partial charge < -0.3 is 24.6 Å². The Kier molecular flexibility index (Phi) is 4.79. The van der Waals surface area contributed by atoms with Crippen molar-refractivity contribution in [1.29, 1.82) is 0 Å². The highest BCUT2D eigenvalue weighted by Crippen LogP contribution is 2.63. The van der Waals surface area contributed by atoms with Gasteiger partial charge in [-0.3, -0.25) is 0 Å². The van der Waals surface area contributed by atoms with Gasteiger partial charge in [0.2, 0.25) is 0 Å². The molecular formula is C26H27N3O5. The monoisotopic (exact) mass is 461 g/mol. The van der Waals surface area contributed by atoms with Crippen LogP contribution in [0.2, 0.25) is 0 Å². The van der Waals surface area contributed by atoms with Gasteiger partial charge in [-0.25, -0.2) is 4.79 Å². The summed E-state index contributed by atoms with van der Waals surface area (Å²) in [5, 5.41) is 30.5. The molecule has 2 aliphatic heterocycles. The van der Waals surface area contributed by atoms with Crippen molar-refractivity contribution >= 4 is 17.3 Å². The average molecular weight is 462 g/mol. The molecule has 2 heterocycles. The largest absolute Gasteiger partial charge is 0.503 e. The lowest BCUT2D eigenvalue weighted by atomic mass is 9.53.